The Morgan fingerprint density at radius 3 is 2.83 bits per heavy atom. The standard InChI is InChI=1S/C21H23N3O3S3/c1-14-23-18(13-28-14)20-8-6-17(29-20)9-10-22-21(25)16-5-7-19-15(12-16)4-3-11-24(19)30(2,26)27/h5-8,12-13H,3-4,9-11H2,1-2H3,(H,22,25). The van der Waals surface area contributed by atoms with Crippen molar-refractivity contribution in [3.05, 3.63) is 56.7 Å². The molecule has 4 rings (SSSR count). The van der Waals surface area contributed by atoms with Crippen LogP contribution in [0.1, 0.15) is 32.2 Å². The third-order valence-corrected chi connectivity index (χ3v) is 8.13. The van der Waals surface area contributed by atoms with Gasteiger partial charge in [0.15, 0.2) is 0 Å². The van der Waals surface area contributed by atoms with Gasteiger partial charge in [-0.05, 0) is 62.1 Å². The van der Waals surface area contributed by atoms with Crippen LogP contribution in [-0.4, -0.2) is 38.7 Å². The number of aryl methyl sites for hydroxylation is 2. The van der Waals surface area contributed by atoms with Crippen LogP contribution in [0.2, 0.25) is 0 Å². The molecule has 3 aromatic rings. The van der Waals surface area contributed by atoms with E-state index < -0.39 is 10.0 Å². The minimum Gasteiger partial charge on any atom is -0.352 e. The number of carbonyl (C=O) groups is 1. The maximum atomic E-state index is 12.6. The Morgan fingerprint density at radius 2 is 2.10 bits per heavy atom. The summed E-state index contributed by atoms with van der Waals surface area (Å²) < 4.78 is 25.4. The van der Waals surface area contributed by atoms with Gasteiger partial charge in [0, 0.05) is 28.9 Å². The predicted octanol–water partition coefficient (Wildman–Crippen LogP) is 3.86. The van der Waals surface area contributed by atoms with E-state index >= 15 is 0 Å². The fourth-order valence-electron chi connectivity index (χ4n) is 3.58. The highest BCUT2D eigenvalue weighted by molar-refractivity contribution is 7.92. The predicted molar refractivity (Wildman–Crippen MR) is 123 cm³/mol. The number of fused-ring (bicyclic) bond motifs is 1. The van der Waals surface area contributed by atoms with Gasteiger partial charge in [-0.2, -0.15) is 0 Å². The van der Waals surface area contributed by atoms with Crippen molar-refractivity contribution < 1.29 is 13.2 Å². The molecule has 158 valence electrons. The summed E-state index contributed by atoms with van der Waals surface area (Å²) in [6, 6.07) is 9.42. The molecular weight excluding hydrogens is 438 g/mol. The molecule has 1 aliphatic heterocycles. The molecule has 3 heterocycles. The van der Waals surface area contributed by atoms with Gasteiger partial charge in [-0.25, -0.2) is 13.4 Å². The van der Waals surface area contributed by atoms with E-state index in [1.807, 2.05) is 13.0 Å². The SMILES string of the molecule is Cc1nc(-c2ccc(CCNC(=O)c3ccc4c(c3)CCCN4S(C)(=O)=O)s2)cs1. The normalized spacial score (nSPS) is 13.9. The van der Waals surface area contributed by atoms with E-state index in [-0.39, 0.29) is 5.91 Å². The zero-order chi connectivity index (χ0) is 21.3. The van der Waals surface area contributed by atoms with Crippen LogP contribution in [0.3, 0.4) is 0 Å². The number of rotatable bonds is 6. The summed E-state index contributed by atoms with van der Waals surface area (Å²) >= 11 is 3.34. The van der Waals surface area contributed by atoms with Crippen molar-refractivity contribution in [3.8, 4) is 10.6 Å². The first-order chi connectivity index (χ1) is 14.3. The smallest absolute Gasteiger partial charge is 0.251 e. The number of carbonyl (C=O) groups excluding carboxylic acids is 1. The topological polar surface area (TPSA) is 79.4 Å². The molecular formula is C21H23N3O3S3. The number of thiazole rings is 1. The van der Waals surface area contributed by atoms with E-state index in [0.29, 0.717) is 24.3 Å². The summed E-state index contributed by atoms with van der Waals surface area (Å²) in [5, 5.41) is 6.09. The Labute approximate surface area is 184 Å². The molecule has 0 saturated heterocycles. The number of nitrogens with zero attached hydrogens (tertiary/aromatic N) is 2. The van der Waals surface area contributed by atoms with E-state index in [0.717, 1.165) is 40.4 Å². The minimum absolute atomic E-state index is 0.138. The molecule has 0 bridgehead atoms. The monoisotopic (exact) mass is 461 g/mol. The lowest BCUT2D eigenvalue weighted by Crippen LogP contribution is -2.34. The first kappa shape index (κ1) is 21.0. The Hall–Kier alpha value is -2.23. The minimum atomic E-state index is -3.30. The van der Waals surface area contributed by atoms with E-state index in [9.17, 15) is 13.2 Å². The van der Waals surface area contributed by atoms with Gasteiger partial charge in [-0.1, -0.05) is 0 Å². The van der Waals surface area contributed by atoms with Gasteiger partial charge in [-0.15, -0.1) is 22.7 Å². The molecule has 30 heavy (non-hydrogen) atoms. The molecule has 0 aliphatic carbocycles. The molecule has 1 aromatic carbocycles. The van der Waals surface area contributed by atoms with Gasteiger partial charge < -0.3 is 5.32 Å². The van der Waals surface area contributed by atoms with Crippen LogP contribution in [0.5, 0.6) is 0 Å². The van der Waals surface area contributed by atoms with Crippen LogP contribution in [0, 0.1) is 6.92 Å². The second-order valence-corrected chi connectivity index (χ2v) is 11.4. The molecule has 1 aliphatic rings. The highest BCUT2D eigenvalue weighted by Gasteiger charge is 2.24. The third kappa shape index (κ3) is 4.58. The van der Waals surface area contributed by atoms with Crippen molar-refractivity contribution in [2.75, 3.05) is 23.7 Å². The largest absolute Gasteiger partial charge is 0.352 e. The zero-order valence-electron chi connectivity index (χ0n) is 16.8. The van der Waals surface area contributed by atoms with Gasteiger partial charge in [0.25, 0.3) is 5.91 Å². The van der Waals surface area contributed by atoms with Gasteiger partial charge in [0.2, 0.25) is 10.0 Å². The van der Waals surface area contributed by atoms with Crippen LogP contribution in [0.25, 0.3) is 10.6 Å². The molecule has 1 amide bonds. The van der Waals surface area contributed by atoms with Crippen LogP contribution >= 0.6 is 22.7 Å². The molecule has 6 nitrogen and oxygen atoms in total. The Balaban J connectivity index is 1.37. The second-order valence-electron chi connectivity index (χ2n) is 7.31. The fourth-order valence-corrected chi connectivity index (χ4v) is 6.23. The lowest BCUT2D eigenvalue weighted by Gasteiger charge is -2.29. The number of benzene rings is 1. The van der Waals surface area contributed by atoms with Crippen LogP contribution < -0.4 is 9.62 Å². The van der Waals surface area contributed by atoms with E-state index in [1.165, 1.54) is 15.4 Å². The van der Waals surface area contributed by atoms with Crippen molar-refractivity contribution in [2.24, 2.45) is 0 Å². The number of aromatic nitrogens is 1. The highest BCUT2D eigenvalue weighted by atomic mass is 32.2. The van der Waals surface area contributed by atoms with Crippen molar-refractivity contribution in [1.82, 2.24) is 10.3 Å². The average Bonchev–Trinajstić information content (AvgIpc) is 3.35. The molecule has 1 N–H and O–H groups in total. The molecule has 0 fully saturated rings. The summed E-state index contributed by atoms with van der Waals surface area (Å²) in [5.41, 5.74) is 3.16. The number of anilines is 1. The number of nitrogens with one attached hydrogen (secondary N) is 1. The lowest BCUT2D eigenvalue weighted by molar-refractivity contribution is 0.0954. The number of thiophene rings is 1. The van der Waals surface area contributed by atoms with E-state index in [2.05, 4.69) is 27.8 Å². The van der Waals surface area contributed by atoms with Crippen LogP contribution in [-0.2, 0) is 22.9 Å². The van der Waals surface area contributed by atoms with Gasteiger partial charge in [0.1, 0.15) is 0 Å². The van der Waals surface area contributed by atoms with Gasteiger partial charge >= 0.3 is 0 Å². The van der Waals surface area contributed by atoms with Crippen LogP contribution in [0.4, 0.5) is 5.69 Å². The maximum absolute atomic E-state index is 12.6. The molecule has 0 atom stereocenters. The van der Waals surface area contributed by atoms with Crippen molar-refractivity contribution in [2.45, 2.75) is 26.2 Å². The van der Waals surface area contributed by atoms with Crippen molar-refractivity contribution >= 4 is 44.3 Å². The molecule has 9 heteroatoms. The Morgan fingerprint density at radius 1 is 1.27 bits per heavy atom. The van der Waals surface area contributed by atoms with Crippen molar-refractivity contribution in [3.63, 3.8) is 0 Å². The van der Waals surface area contributed by atoms with Gasteiger partial charge in [-0.3, -0.25) is 9.10 Å². The van der Waals surface area contributed by atoms with Gasteiger partial charge in [0.05, 0.1) is 27.5 Å². The lowest BCUT2D eigenvalue weighted by atomic mass is 10.0. The number of hydrogen-bond donors (Lipinski definition) is 1. The molecule has 0 radical (unpaired) electrons. The molecule has 0 saturated carbocycles. The first-order valence-corrected chi connectivity index (χ1v) is 13.3. The summed E-state index contributed by atoms with van der Waals surface area (Å²) in [6.07, 6.45) is 3.50. The maximum Gasteiger partial charge on any atom is 0.251 e. The molecule has 0 spiro atoms. The fraction of sp³-hybridized carbons (Fsp3) is 0.333. The zero-order valence-corrected chi connectivity index (χ0v) is 19.3. The Kier molecular flexibility index (Phi) is 5.95. The quantitative estimate of drug-likeness (QED) is 0.604. The van der Waals surface area contributed by atoms with E-state index in [4.69, 9.17) is 0 Å². The average molecular weight is 462 g/mol. The number of amides is 1. The summed E-state index contributed by atoms with van der Waals surface area (Å²) in [7, 11) is -3.30. The second kappa shape index (κ2) is 8.49. The molecule has 2 aromatic heterocycles. The number of hydrogen-bond acceptors (Lipinski definition) is 6. The molecule has 0 unspecified atom stereocenters. The summed E-state index contributed by atoms with van der Waals surface area (Å²) in [6.45, 7) is 3.03. The first-order valence-electron chi connectivity index (χ1n) is 9.71. The highest BCUT2D eigenvalue weighted by Crippen LogP contribution is 2.30. The third-order valence-electron chi connectivity index (χ3n) is 5.01. The number of sulfonamides is 1. The summed E-state index contributed by atoms with van der Waals surface area (Å²) in [4.78, 5) is 19.4. The van der Waals surface area contributed by atoms with Crippen molar-refractivity contribution in [1.29, 1.82) is 0 Å². The summed E-state index contributed by atoms with van der Waals surface area (Å²) in [5.74, 6) is -0.138. The Bertz CT molecular complexity index is 1180. The van der Waals surface area contributed by atoms with Crippen LogP contribution in [0.15, 0.2) is 35.7 Å². The van der Waals surface area contributed by atoms with E-state index in [1.54, 1.807) is 34.8 Å².